The summed E-state index contributed by atoms with van der Waals surface area (Å²) >= 11 is 1.41. The average molecular weight is 410 g/mol. The number of carboxylic acid groups (broad SMARTS) is 1. The first kappa shape index (κ1) is 20.7. The Bertz CT molecular complexity index is 1070. The molecule has 2 N–H and O–H groups in total. The first-order valence-electron chi connectivity index (χ1n) is 9.35. The summed E-state index contributed by atoms with van der Waals surface area (Å²) in [5.41, 5.74) is 4.40. The molecule has 3 rings (SSSR count). The van der Waals surface area contributed by atoms with Crippen LogP contribution < -0.4 is 5.32 Å². The minimum atomic E-state index is -0.855. The van der Waals surface area contributed by atoms with Gasteiger partial charge in [-0.05, 0) is 56.5 Å². The number of thiophene rings is 1. The van der Waals surface area contributed by atoms with Crippen molar-refractivity contribution in [2.75, 3.05) is 5.32 Å². The lowest BCUT2D eigenvalue weighted by molar-refractivity contribution is -0.136. The van der Waals surface area contributed by atoms with E-state index in [-0.39, 0.29) is 12.2 Å². The molecule has 0 spiro atoms. The highest BCUT2D eigenvalue weighted by atomic mass is 32.1. The minimum Gasteiger partial charge on any atom is -0.481 e. The summed E-state index contributed by atoms with van der Waals surface area (Å²) in [5, 5.41) is 12.3. The smallest absolute Gasteiger partial charge is 0.307 e. The van der Waals surface area contributed by atoms with Gasteiger partial charge in [-0.15, -0.1) is 11.3 Å². The van der Waals surface area contributed by atoms with Crippen LogP contribution in [0.25, 0.3) is 10.7 Å². The molecule has 0 radical (unpaired) electrons. The lowest BCUT2D eigenvalue weighted by Gasteiger charge is -2.14. The van der Waals surface area contributed by atoms with Gasteiger partial charge in [0.1, 0.15) is 5.82 Å². The summed E-state index contributed by atoms with van der Waals surface area (Å²) in [6.45, 7) is 7.49. The Hall–Kier alpha value is -3.06. The van der Waals surface area contributed by atoms with Crippen LogP contribution in [0.15, 0.2) is 30.3 Å². The van der Waals surface area contributed by atoms with E-state index >= 15 is 0 Å². The van der Waals surface area contributed by atoms with Crippen LogP contribution in [0.5, 0.6) is 0 Å². The van der Waals surface area contributed by atoms with Crippen molar-refractivity contribution in [3.63, 3.8) is 0 Å². The Morgan fingerprint density at radius 1 is 1.14 bits per heavy atom. The van der Waals surface area contributed by atoms with Crippen LogP contribution >= 0.6 is 11.3 Å². The zero-order chi connectivity index (χ0) is 21.1. The van der Waals surface area contributed by atoms with Gasteiger partial charge in [0.25, 0.3) is 0 Å². The molecule has 150 valence electrons. The Labute approximate surface area is 173 Å². The molecule has 3 aromatic rings. The van der Waals surface area contributed by atoms with Crippen LogP contribution in [0, 0.1) is 13.8 Å². The zero-order valence-corrected chi connectivity index (χ0v) is 17.7. The fourth-order valence-corrected chi connectivity index (χ4v) is 4.19. The van der Waals surface area contributed by atoms with Gasteiger partial charge in [-0.2, -0.15) is 0 Å². The maximum Gasteiger partial charge on any atom is 0.307 e. The van der Waals surface area contributed by atoms with Gasteiger partial charge in [0.05, 0.1) is 16.2 Å². The number of ketones is 1. The van der Waals surface area contributed by atoms with E-state index in [0.29, 0.717) is 5.82 Å². The summed E-state index contributed by atoms with van der Waals surface area (Å²) in [6.07, 6.45) is 0.765. The molecule has 6 nitrogen and oxygen atoms in total. The van der Waals surface area contributed by atoms with E-state index < -0.39 is 5.97 Å². The lowest BCUT2D eigenvalue weighted by atomic mass is 10.1. The predicted molar refractivity (Wildman–Crippen MR) is 115 cm³/mol. The first-order valence-corrected chi connectivity index (χ1v) is 10.2. The largest absolute Gasteiger partial charge is 0.481 e. The average Bonchev–Trinajstić information content (AvgIpc) is 3.05. The molecule has 7 heteroatoms. The van der Waals surface area contributed by atoms with Crippen molar-refractivity contribution in [3.05, 3.63) is 57.6 Å². The number of aliphatic carboxylic acids is 1. The van der Waals surface area contributed by atoms with Crippen molar-refractivity contribution in [2.45, 2.75) is 40.5 Å². The number of anilines is 2. The summed E-state index contributed by atoms with van der Waals surface area (Å²) in [5.74, 6) is 0.494. The van der Waals surface area contributed by atoms with Gasteiger partial charge in [-0.1, -0.05) is 19.1 Å². The summed E-state index contributed by atoms with van der Waals surface area (Å²) in [7, 11) is 0. The van der Waals surface area contributed by atoms with E-state index in [2.05, 4.69) is 17.2 Å². The van der Waals surface area contributed by atoms with E-state index in [9.17, 15) is 9.59 Å². The molecule has 0 unspecified atom stereocenters. The topological polar surface area (TPSA) is 92.2 Å². The first-order chi connectivity index (χ1) is 13.8. The molecular formula is C22H23N3O3S. The van der Waals surface area contributed by atoms with Gasteiger partial charge in [-0.25, -0.2) is 9.97 Å². The summed E-state index contributed by atoms with van der Waals surface area (Å²) < 4.78 is 0. The van der Waals surface area contributed by atoms with Crippen molar-refractivity contribution in [3.8, 4) is 10.7 Å². The van der Waals surface area contributed by atoms with Gasteiger partial charge < -0.3 is 10.4 Å². The number of Topliss-reactive ketones (excluding diaryl/α,β-unsaturated/α-hetero) is 1. The number of rotatable bonds is 7. The minimum absolute atomic E-state index is 0.00648. The van der Waals surface area contributed by atoms with Crippen LogP contribution in [0.3, 0.4) is 0 Å². The number of carbonyl (C=O) groups is 2. The maximum atomic E-state index is 11.8. The lowest BCUT2D eigenvalue weighted by Crippen LogP contribution is -2.05. The van der Waals surface area contributed by atoms with E-state index in [1.807, 2.05) is 32.0 Å². The fourth-order valence-electron chi connectivity index (χ4n) is 3.19. The zero-order valence-electron chi connectivity index (χ0n) is 16.9. The highest BCUT2D eigenvalue weighted by Crippen LogP contribution is 2.32. The monoisotopic (exact) mass is 409 g/mol. The molecular weight excluding hydrogens is 386 g/mol. The standard InChI is InChI=1S/C22H23N3O3S/c1-5-17-13(3)23-22(18-10-12(2)20(29-18)14(4)26)25-21(17)24-16-8-6-15(7-9-16)11-19(27)28/h6-10H,5,11H2,1-4H3,(H,27,28)(H,23,24,25). The van der Waals surface area contributed by atoms with E-state index in [1.165, 1.54) is 11.3 Å². The molecule has 0 amide bonds. The van der Waals surface area contributed by atoms with Crippen molar-refractivity contribution in [1.29, 1.82) is 0 Å². The van der Waals surface area contributed by atoms with Crippen molar-refractivity contribution < 1.29 is 14.7 Å². The Morgan fingerprint density at radius 3 is 2.38 bits per heavy atom. The Morgan fingerprint density at radius 2 is 1.83 bits per heavy atom. The van der Waals surface area contributed by atoms with Crippen LogP contribution in [0.4, 0.5) is 11.5 Å². The number of benzene rings is 1. The highest BCUT2D eigenvalue weighted by molar-refractivity contribution is 7.17. The van der Waals surface area contributed by atoms with Crippen molar-refractivity contribution in [2.24, 2.45) is 0 Å². The molecule has 0 atom stereocenters. The Balaban J connectivity index is 1.96. The second kappa shape index (κ2) is 8.53. The number of nitrogens with zero attached hydrogens (tertiary/aromatic N) is 2. The number of hydrogen-bond acceptors (Lipinski definition) is 6. The molecule has 0 aliphatic heterocycles. The molecule has 29 heavy (non-hydrogen) atoms. The van der Waals surface area contributed by atoms with Gasteiger partial charge in [0, 0.05) is 16.9 Å². The quantitative estimate of drug-likeness (QED) is 0.536. The molecule has 0 fully saturated rings. The SMILES string of the molecule is CCc1c(C)nc(-c2cc(C)c(C(C)=O)s2)nc1Nc1ccc(CC(=O)O)cc1. The second-order valence-electron chi connectivity index (χ2n) is 6.88. The van der Waals surface area contributed by atoms with Gasteiger partial charge in [0.15, 0.2) is 11.6 Å². The molecule has 2 heterocycles. The van der Waals surface area contributed by atoms with Crippen LogP contribution in [0.1, 0.15) is 45.9 Å². The van der Waals surface area contributed by atoms with E-state index in [0.717, 1.165) is 50.1 Å². The molecule has 2 aromatic heterocycles. The van der Waals surface area contributed by atoms with Crippen LogP contribution in [0.2, 0.25) is 0 Å². The molecule has 0 aliphatic carbocycles. The van der Waals surface area contributed by atoms with E-state index in [1.54, 1.807) is 19.1 Å². The molecule has 0 aliphatic rings. The molecule has 0 saturated carbocycles. The van der Waals surface area contributed by atoms with Crippen LogP contribution in [-0.4, -0.2) is 26.8 Å². The van der Waals surface area contributed by atoms with Gasteiger partial charge >= 0.3 is 5.97 Å². The van der Waals surface area contributed by atoms with Crippen molar-refractivity contribution in [1.82, 2.24) is 9.97 Å². The predicted octanol–water partition coefficient (Wildman–Crippen LogP) is 4.96. The Kier molecular flexibility index (Phi) is 6.08. The molecule has 1 aromatic carbocycles. The highest BCUT2D eigenvalue weighted by Gasteiger charge is 2.16. The number of aromatic nitrogens is 2. The number of hydrogen-bond donors (Lipinski definition) is 2. The number of nitrogens with one attached hydrogen (secondary N) is 1. The number of aryl methyl sites for hydroxylation is 2. The maximum absolute atomic E-state index is 11.8. The number of carboxylic acids is 1. The van der Waals surface area contributed by atoms with Crippen molar-refractivity contribution >= 4 is 34.6 Å². The third kappa shape index (κ3) is 4.68. The van der Waals surface area contributed by atoms with Gasteiger partial charge in [0.2, 0.25) is 0 Å². The molecule has 0 bridgehead atoms. The molecule has 0 saturated heterocycles. The number of carbonyl (C=O) groups excluding carboxylic acids is 1. The third-order valence-corrected chi connectivity index (χ3v) is 5.93. The normalized spacial score (nSPS) is 10.8. The van der Waals surface area contributed by atoms with Gasteiger partial charge in [-0.3, -0.25) is 9.59 Å². The summed E-state index contributed by atoms with van der Waals surface area (Å²) in [6, 6.07) is 9.22. The van der Waals surface area contributed by atoms with Crippen LogP contribution in [-0.2, 0) is 17.6 Å². The van der Waals surface area contributed by atoms with E-state index in [4.69, 9.17) is 10.1 Å². The third-order valence-electron chi connectivity index (χ3n) is 4.60. The second-order valence-corrected chi connectivity index (χ2v) is 7.94. The summed E-state index contributed by atoms with van der Waals surface area (Å²) in [4.78, 5) is 33.6. The fraction of sp³-hybridized carbons (Fsp3) is 0.273.